The van der Waals surface area contributed by atoms with E-state index >= 15 is 0 Å². The Kier molecular flexibility index (Phi) is 3.54. The maximum absolute atomic E-state index is 10.6. The van der Waals surface area contributed by atoms with Crippen LogP contribution in [0.4, 0.5) is 11.4 Å². The summed E-state index contributed by atoms with van der Waals surface area (Å²) in [5, 5.41) is 10.6. The van der Waals surface area contributed by atoms with Gasteiger partial charge in [-0.1, -0.05) is 0 Å². The van der Waals surface area contributed by atoms with Gasteiger partial charge in [0.25, 0.3) is 5.69 Å². The third kappa shape index (κ3) is 2.20. The minimum absolute atomic E-state index is 0.102. The van der Waals surface area contributed by atoms with Gasteiger partial charge in [0, 0.05) is 6.07 Å². The van der Waals surface area contributed by atoms with E-state index in [0.29, 0.717) is 5.75 Å². The molecule has 1 aromatic rings. The molecule has 0 saturated carbocycles. The van der Waals surface area contributed by atoms with Gasteiger partial charge < -0.3 is 4.74 Å². The highest BCUT2D eigenvalue weighted by atomic mass is 79.9. The Labute approximate surface area is 92.9 Å². The second kappa shape index (κ2) is 4.68. The molecule has 1 aromatic carbocycles. The van der Waals surface area contributed by atoms with E-state index in [1.54, 1.807) is 0 Å². The number of ether oxygens (including phenoxy) is 1. The van der Waals surface area contributed by atoms with Gasteiger partial charge in [-0.3, -0.25) is 10.1 Å². The Bertz CT molecular complexity index is 454. The van der Waals surface area contributed by atoms with Crippen molar-refractivity contribution in [2.24, 2.45) is 4.99 Å². The highest BCUT2D eigenvalue weighted by Gasteiger charge is 2.19. The summed E-state index contributed by atoms with van der Waals surface area (Å²) in [6.07, 6.45) is 1.26. The van der Waals surface area contributed by atoms with Crippen LogP contribution in [-0.4, -0.2) is 18.1 Å². The molecule has 0 spiro atoms. The molecule has 6 nitrogen and oxygen atoms in total. The maximum atomic E-state index is 10.6. The van der Waals surface area contributed by atoms with Crippen LogP contribution >= 0.6 is 15.9 Å². The SMILES string of the molecule is COc1ccc([N+](=O)[O-])c(N=C=O)c1Br. The average molecular weight is 273 g/mol. The number of rotatable bonds is 3. The van der Waals surface area contributed by atoms with Gasteiger partial charge in [0.2, 0.25) is 6.08 Å². The lowest BCUT2D eigenvalue weighted by atomic mass is 10.2. The van der Waals surface area contributed by atoms with E-state index in [4.69, 9.17) is 4.74 Å². The Morgan fingerprint density at radius 1 is 1.60 bits per heavy atom. The fraction of sp³-hybridized carbons (Fsp3) is 0.125. The Balaban J connectivity index is 3.50. The number of methoxy groups -OCH3 is 1. The summed E-state index contributed by atoms with van der Waals surface area (Å²) in [4.78, 5) is 23.4. The number of isocyanates is 1. The molecule has 0 radical (unpaired) electrons. The molecule has 0 aliphatic rings. The summed E-state index contributed by atoms with van der Waals surface area (Å²) in [6.45, 7) is 0. The van der Waals surface area contributed by atoms with Gasteiger partial charge in [0.05, 0.1) is 16.5 Å². The van der Waals surface area contributed by atoms with Crippen molar-refractivity contribution in [2.45, 2.75) is 0 Å². The number of nitro groups is 1. The number of nitrogens with zero attached hydrogens (tertiary/aromatic N) is 2. The summed E-state index contributed by atoms with van der Waals surface area (Å²) in [7, 11) is 1.40. The van der Waals surface area contributed by atoms with Crippen LogP contribution in [0.5, 0.6) is 5.75 Å². The predicted octanol–water partition coefficient (Wildman–Crippen LogP) is 2.33. The van der Waals surface area contributed by atoms with Gasteiger partial charge in [-0.15, -0.1) is 0 Å². The molecule has 0 atom stereocenters. The molecule has 0 saturated heterocycles. The van der Waals surface area contributed by atoms with Crippen LogP contribution < -0.4 is 4.74 Å². The van der Waals surface area contributed by atoms with E-state index in [9.17, 15) is 14.9 Å². The van der Waals surface area contributed by atoms with Crippen molar-refractivity contribution in [2.75, 3.05) is 7.11 Å². The first-order valence-electron chi connectivity index (χ1n) is 3.70. The van der Waals surface area contributed by atoms with E-state index < -0.39 is 4.92 Å². The number of carbonyl (C=O) groups excluding carboxylic acids is 1. The predicted molar refractivity (Wildman–Crippen MR) is 55.1 cm³/mol. The summed E-state index contributed by atoms with van der Waals surface area (Å²) in [5.41, 5.74) is -0.389. The van der Waals surface area contributed by atoms with Crippen LogP contribution in [0.15, 0.2) is 21.6 Å². The van der Waals surface area contributed by atoms with Gasteiger partial charge in [-0.25, -0.2) is 4.79 Å². The van der Waals surface area contributed by atoms with Crippen LogP contribution in [0.3, 0.4) is 0 Å². The molecule has 78 valence electrons. The molecule has 0 N–H and O–H groups in total. The van der Waals surface area contributed by atoms with Crippen LogP contribution in [0, 0.1) is 10.1 Å². The van der Waals surface area contributed by atoms with Crippen molar-refractivity contribution in [1.29, 1.82) is 0 Å². The van der Waals surface area contributed by atoms with Crippen LogP contribution in [0.2, 0.25) is 0 Å². The number of benzene rings is 1. The standard InChI is InChI=1S/C8H5BrN2O4/c1-15-6-3-2-5(11(13)14)8(7(6)9)10-4-12/h2-3H,1H3. The molecule has 1 rings (SSSR count). The minimum atomic E-state index is -0.639. The highest BCUT2D eigenvalue weighted by Crippen LogP contribution is 2.40. The smallest absolute Gasteiger partial charge is 0.297 e. The molecular weight excluding hydrogens is 268 g/mol. The average Bonchev–Trinajstić information content (AvgIpc) is 2.20. The monoisotopic (exact) mass is 272 g/mol. The first-order valence-corrected chi connectivity index (χ1v) is 4.50. The van der Waals surface area contributed by atoms with E-state index in [-0.39, 0.29) is 15.8 Å². The van der Waals surface area contributed by atoms with Crippen LogP contribution in [-0.2, 0) is 4.79 Å². The number of hydrogen-bond acceptors (Lipinski definition) is 5. The van der Waals surface area contributed by atoms with Crippen molar-refractivity contribution >= 4 is 33.4 Å². The second-order valence-corrected chi connectivity index (χ2v) is 3.20. The lowest BCUT2D eigenvalue weighted by Crippen LogP contribution is -1.91. The van der Waals surface area contributed by atoms with Crippen LogP contribution in [0.25, 0.3) is 0 Å². The molecule has 7 heteroatoms. The normalized spacial score (nSPS) is 9.20. The fourth-order valence-corrected chi connectivity index (χ4v) is 1.58. The van der Waals surface area contributed by atoms with Gasteiger partial charge in [0.1, 0.15) is 5.75 Å². The number of hydrogen-bond donors (Lipinski definition) is 0. The first-order chi connectivity index (χ1) is 7.11. The number of aliphatic imine (C=N–C) groups is 1. The molecule has 0 fully saturated rings. The molecule has 0 bridgehead atoms. The van der Waals surface area contributed by atoms with Gasteiger partial charge in [-0.2, -0.15) is 4.99 Å². The highest BCUT2D eigenvalue weighted by molar-refractivity contribution is 9.10. The lowest BCUT2D eigenvalue weighted by molar-refractivity contribution is -0.384. The largest absolute Gasteiger partial charge is 0.495 e. The topological polar surface area (TPSA) is 81.8 Å². The molecule has 0 amide bonds. The zero-order chi connectivity index (χ0) is 11.4. The third-order valence-electron chi connectivity index (χ3n) is 1.63. The number of nitro benzene ring substituents is 1. The molecule has 0 unspecified atom stereocenters. The van der Waals surface area contributed by atoms with Crippen LogP contribution in [0.1, 0.15) is 0 Å². The zero-order valence-corrected chi connectivity index (χ0v) is 9.15. The van der Waals surface area contributed by atoms with E-state index in [1.165, 1.54) is 25.3 Å². The van der Waals surface area contributed by atoms with E-state index in [0.717, 1.165) is 0 Å². The van der Waals surface area contributed by atoms with Crippen molar-refractivity contribution in [3.8, 4) is 5.75 Å². The summed E-state index contributed by atoms with van der Waals surface area (Å²) in [5.74, 6) is 0.356. The Hall–Kier alpha value is -1.72. The summed E-state index contributed by atoms with van der Waals surface area (Å²) >= 11 is 3.06. The lowest BCUT2D eigenvalue weighted by Gasteiger charge is -2.04. The van der Waals surface area contributed by atoms with E-state index in [1.807, 2.05) is 0 Å². The van der Waals surface area contributed by atoms with Crippen molar-refractivity contribution in [3.05, 3.63) is 26.7 Å². The Morgan fingerprint density at radius 2 is 2.27 bits per heavy atom. The van der Waals surface area contributed by atoms with Gasteiger partial charge >= 0.3 is 0 Å². The summed E-state index contributed by atoms with van der Waals surface area (Å²) in [6, 6.07) is 2.62. The Morgan fingerprint density at radius 3 is 2.73 bits per heavy atom. The van der Waals surface area contributed by atoms with Gasteiger partial charge in [-0.05, 0) is 22.0 Å². The molecule has 15 heavy (non-hydrogen) atoms. The second-order valence-electron chi connectivity index (χ2n) is 2.41. The zero-order valence-electron chi connectivity index (χ0n) is 7.56. The van der Waals surface area contributed by atoms with Crippen molar-refractivity contribution in [3.63, 3.8) is 0 Å². The minimum Gasteiger partial charge on any atom is -0.495 e. The summed E-state index contributed by atoms with van der Waals surface area (Å²) < 4.78 is 5.16. The first kappa shape index (κ1) is 11.4. The molecule has 0 aliphatic carbocycles. The molecule has 0 aliphatic heterocycles. The van der Waals surface area contributed by atoms with E-state index in [2.05, 4.69) is 20.9 Å². The third-order valence-corrected chi connectivity index (χ3v) is 2.40. The van der Waals surface area contributed by atoms with Crippen molar-refractivity contribution < 1.29 is 14.5 Å². The molecule has 0 heterocycles. The van der Waals surface area contributed by atoms with Gasteiger partial charge in [0.15, 0.2) is 5.69 Å². The fourth-order valence-electron chi connectivity index (χ4n) is 0.993. The molecule has 0 aromatic heterocycles. The van der Waals surface area contributed by atoms with Crippen molar-refractivity contribution in [1.82, 2.24) is 0 Å². The molecular formula is C8H5BrN2O4. The maximum Gasteiger partial charge on any atom is 0.297 e. The number of halogens is 1. The quantitative estimate of drug-likeness (QED) is 0.366.